The zero-order valence-electron chi connectivity index (χ0n) is 6.80. The third kappa shape index (κ3) is 2.29. The minimum atomic E-state index is 0.575. The van der Waals surface area contributed by atoms with E-state index >= 15 is 0 Å². The third-order valence-electron chi connectivity index (χ3n) is 1.32. The van der Waals surface area contributed by atoms with Crippen molar-refractivity contribution in [2.45, 2.75) is 6.92 Å². The lowest BCUT2D eigenvalue weighted by atomic mass is 10.3. The van der Waals surface area contributed by atoms with E-state index in [0.717, 1.165) is 0 Å². The van der Waals surface area contributed by atoms with Crippen molar-refractivity contribution in [3.05, 3.63) is 23.2 Å². The van der Waals surface area contributed by atoms with Gasteiger partial charge in [0.1, 0.15) is 0 Å². The summed E-state index contributed by atoms with van der Waals surface area (Å²) in [6.07, 6.45) is 0. The molecule has 1 aromatic rings. The molecule has 12 heavy (non-hydrogen) atoms. The first kappa shape index (κ1) is 9.16. The molecule has 0 radical (unpaired) electrons. The maximum absolute atomic E-state index is 5.83. The van der Waals surface area contributed by atoms with Crippen molar-refractivity contribution in [2.24, 2.45) is 0 Å². The minimum Gasteiger partial charge on any atom is -0.399 e. The summed E-state index contributed by atoms with van der Waals surface area (Å²) in [5.41, 5.74) is 9.58. The van der Waals surface area contributed by atoms with Gasteiger partial charge in [-0.05, 0) is 25.1 Å². The molecule has 0 amide bonds. The molecule has 66 valence electrons. The molecule has 0 aromatic heterocycles. The zero-order chi connectivity index (χ0) is 8.97. The molecule has 0 aliphatic rings. The highest BCUT2D eigenvalue weighted by Gasteiger charge is 1.98. The van der Waals surface area contributed by atoms with E-state index in [1.807, 2.05) is 6.92 Å². The number of hydrogen-bond donors (Lipinski definition) is 2. The fourth-order valence-electron chi connectivity index (χ4n) is 0.771. The van der Waals surface area contributed by atoms with Crippen molar-refractivity contribution in [3.8, 4) is 0 Å². The quantitative estimate of drug-likeness (QED) is 0.563. The van der Waals surface area contributed by atoms with E-state index in [9.17, 15) is 0 Å². The lowest BCUT2D eigenvalue weighted by Crippen LogP contribution is -2.01. The molecule has 0 atom stereocenters. The van der Waals surface area contributed by atoms with Crippen LogP contribution >= 0.6 is 11.6 Å². The van der Waals surface area contributed by atoms with Gasteiger partial charge in [-0.2, -0.15) is 0 Å². The molecule has 0 aliphatic carbocycles. The summed E-state index contributed by atoms with van der Waals surface area (Å²) in [5.74, 6) is 0. The Balaban J connectivity index is 2.75. The molecular formula is C8H11ClN2O. The smallest absolute Gasteiger partial charge is 0.0811 e. The summed E-state index contributed by atoms with van der Waals surface area (Å²) >= 11 is 5.83. The van der Waals surface area contributed by atoms with Gasteiger partial charge in [-0.1, -0.05) is 11.6 Å². The van der Waals surface area contributed by atoms with E-state index in [1.165, 1.54) is 0 Å². The highest BCUT2D eigenvalue weighted by molar-refractivity contribution is 6.33. The average Bonchev–Trinajstić information content (AvgIpc) is 2.07. The lowest BCUT2D eigenvalue weighted by Gasteiger charge is -2.07. The lowest BCUT2D eigenvalue weighted by molar-refractivity contribution is 0.210. The molecule has 0 unspecified atom stereocenters. The fourth-order valence-corrected chi connectivity index (χ4v) is 0.927. The Labute approximate surface area is 76.4 Å². The number of halogens is 1. The SMILES string of the molecule is CCONc1cc(N)ccc1Cl. The van der Waals surface area contributed by atoms with Gasteiger partial charge >= 0.3 is 0 Å². The Morgan fingerprint density at radius 1 is 1.58 bits per heavy atom. The molecule has 1 aromatic carbocycles. The van der Waals surface area contributed by atoms with Crippen LogP contribution < -0.4 is 11.2 Å². The van der Waals surface area contributed by atoms with Crippen LogP contribution in [-0.2, 0) is 4.84 Å². The van der Waals surface area contributed by atoms with Crippen LogP contribution in [0.2, 0.25) is 5.02 Å². The molecule has 1 rings (SSSR count). The molecule has 0 fully saturated rings. The molecule has 3 nitrogen and oxygen atoms in total. The average molecular weight is 187 g/mol. The third-order valence-corrected chi connectivity index (χ3v) is 1.65. The molecular weight excluding hydrogens is 176 g/mol. The molecule has 0 aliphatic heterocycles. The van der Waals surface area contributed by atoms with E-state index < -0.39 is 0 Å². The summed E-state index contributed by atoms with van der Waals surface area (Å²) in [6.45, 7) is 2.46. The number of nitrogen functional groups attached to an aromatic ring is 1. The Hall–Kier alpha value is -0.930. The van der Waals surface area contributed by atoms with Crippen LogP contribution in [0, 0.1) is 0 Å². The van der Waals surface area contributed by atoms with Crippen LogP contribution in [0.3, 0.4) is 0 Å². The molecule has 0 bridgehead atoms. The van der Waals surface area contributed by atoms with Crippen LogP contribution in [0.4, 0.5) is 11.4 Å². The van der Waals surface area contributed by atoms with Crippen LogP contribution in [0.25, 0.3) is 0 Å². The van der Waals surface area contributed by atoms with Gasteiger partial charge in [0, 0.05) is 5.69 Å². The normalized spacial score (nSPS) is 9.83. The van der Waals surface area contributed by atoms with Crippen molar-refractivity contribution in [3.63, 3.8) is 0 Å². The Kier molecular flexibility index (Phi) is 3.19. The first-order valence-corrected chi connectivity index (χ1v) is 4.04. The summed E-state index contributed by atoms with van der Waals surface area (Å²) in [5, 5.41) is 0.595. The number of nitrogens with one attached hydrogen (secondary N) is 1. The van der Waals surface area contributed by atoms with Crippen LogP contribution in [0.5, 0.6) is 0 Å². The first-order chi connectivity index (χ1) is 5.74. The van der Waals surface area contributed by atoms with E-state index in [1.54, 1.807) is 18.2 Å². The highest BCUT2D eigenvalue weighted by Crippen LogP contribution is 2.23. The fraction of sp³-hybridized carbons (Fsp3) is 0.250. The zero-order valence-corrected chi connectivity index (χ0v) is 7.56. The number of benzene rings is 1. The summed E-state index contributed by atoms with van der Waals surface area (Å²) < 4.78 is 0. The van der Waals surface area contributed by atoms with Gasteiger partial charge in [0.15, 0.2) is 0 Å². The Bertz CT molecular complexity index is 265. The maximum atomic E-state index is 5.83. The van der Waals surface area contributed by atoms with Crippen molar-refractivity contribution in [1.29, 1.82) is 0 Å². The van der Waals surface area contributed by atoms with E-state index in [0.29, 0.717) is 23.0 Å². The Morgan fingerprint density at radius 2 is 2.33 bits per heavy atom. The van der Waals surface area contributed by atoms with Gasteiger partial charge in [0.25, 0.3) is 0 Å². The van der Waals surface area contributed by atoms with Crippen molar-refractivity contribution < 1.29 is 4.84 Å². The van der Waals surface area contributed by atoms with Gasteiger partial charge in [0.2, 0.25) is 0 Å². The number of anilines is 2. The number of rotatable bonds is 3. The first-order valence-electron chi connectivity index (χ1n) is 3.67. The van der Waals surface area contributed by atoms with Gasteiger partial charge in [-0.3, -0.25) is 10.3 Å². The van der Waals surface area contributed by atoms with Crippen LogP contribution in [-0.4, -0.2) is 6.61 Å². The standard InChI is InChI=1S/C8H11ClN2O/c1-2-12-11-8-5-6(10)3-4-7(8)9/h3-5,11H,2,10H2,1H3. The van der Waals surface area contributed by atoms with Gasteiger partial charge in [-0.25, -0.2) is 0 Å². The Morgan fingerprint density at radius 3 is 3.00 bits per heavy atom. The topological polar surface area (TPSA) is 47.3 Å². The largest absolute Gasteiger partial charge is 0.399 e. The summed E-state index contributed by atoms with van der Waals surface area (Å²) in [6, 6.07) is 5.18. The number of nitrogens with two attached hydrogens (primary N) is 1. The molecule has 0 saturated carbocycles. The van der Waals surface area contributed by atoms with E-state index in [2.05, 4.69) is 5.48 Å². The second-order valence-electron chi connectivity index (χ2n) is 2.27. The second-order valence-corrected chi connectivity index (χ2v) is 2.68. The molecule has 3 N–H and O–H groups in total. The van der Waals surface area contributed by atoms with Gasteiger partial charge in [0.05, 0.1) is 17.3 Å². The maximum Gasteiger partial charge on any atom is 0.0811 e. The predicted octanol–water partition coefficient (Wildman–Crippen LogP) is 2.29. The van der Waals surface area contributed by atoms with Crippen molar-refractivity contribution >= 4 is 23.0 Å². The van der Waals surface area contributed by atoms with E-state index in [-0.39, 0.29) is 0 Å². The number of hydrogen-bond acceptors (Lipinski definition) is 3. The molecule has 0 heterocycles. The van der Waals surface area contributed by atoms with Gasteiger partial charge in [-0.15, -0.1) is 0 Å². The molecule has 4 heteroatoms. The molecule has 0 spiro atoms. The van der Waals surface area contributed by atoms with Gasteiger partial charge < -0.3 is 5.73 Å². The predicted molar refractivity (Wildman–Crippen MR) is 51.1 cm³/mol. The highest BCUT2D eigenvalue weighted by atomic mass is 35.5. The van der Waals surface area contributed by atoms with Crippen molar-refractivity contribution in [1.82, 2.24) is 0 Å². The second kappa shape index (κ2) is 4.18. The van der Waals surface area contributed by atoms with Crippen LogP contribution in [0.15, 0.2) is 18.2 Å². The summed E-state index contributed by atoms with van der Waals surface area (Å²) in [4.78, 5) is 4.97. The van der Waals surface area contributed by atoms with Crippen molar-refractivity contribution in [2.75, 3.05) is 17.8 Å². The summed E-state index contributed by atoms with van der Waals surface area (Å²) in [7, 11) is 0. The monoisotopic (exact) mass is 186 g/mol. The van der Waals surface area contributed by atoms with Crippen LogP contribution in [0.1, 0.15) is 6.92 Å². The molecule has 0 saturated heterocycles. The minimum absolute atomic E-state index is 0.575. The van der Waals surface area contributed by atoms with E-state index in [4.69, 9.17) is 22.2 Å².